The Morgan fingerprint density at radius 1 is 1.39 bits per heavy atom. The van der Waals surface area contributed by atoms with E-state index < -0.39 is 0 Å². The second-order valence-corrected chi connectivity index (χ2v) is 5.12. The third-order valence-corrected chi connectivity index (χ3v) is 3.58. The van der Waals surface area contributed by atoms with Crippen LogP contribution in [0.4, 0.5) is 0 Å². The molecule has 4 nitrogen and oxygen atoms in total. The maximum absolute atomic E-state index is 11.8. The third-order valence-electron chi connectivity index (χ3n) is 3.58. The first-order chi connectivity index (χ1) is 8.74. The first kappa shape index (κ1) is 13.0. The molecule has 1 heterocycles. The van der Waals surface area contributed by atoms with Crippen LogP contribution in [-0.2, 0) is 11.3 Å². The molecule has 0 aromatic carbocycles. The number of pyridine rings is 1. The summed E-state index contributed by atoms with van der Waals surface area (Å²) < 4.78 is 0. The van der Waals surface area contributed by atoms with Crippen molar-refractivity contribution in [2.24, 2.45) is 11.7 Å². The van der Waals surface area contributed by atoms with Crippen LogP contribution in [0.1, 0.15) is 37.7 Å². The molecule has 0 aliphatic heterocycles. The molecular formula is C14H21N3O. The van der Waals surface area contributed by atoms with E-state index in [4.69, 9.17) is 5.73 Å². The zero-order valence-electron chi connectivity index (χ0n) is 10.6. The van der Waals surface area contributed by atoms with Crippen molar-refractivity contribution in [3.05, 3.63) is 30.1 Å². The predicted molar refractivity (Wildman–Crippen MR) is 70.6 cm³/mol. The summed E-state index contributed by atoms with van der Waals surface area (Å²) in [5.74, 6) is 0.651. The Hall–Kier alpha value is -1.42. The van der Waals surface area contributed by atoms with Gasteiger partial charge in [-0.05, 0) is 43.2 Å². The average molecular weight is 247 g/mol. The number of aromatic nitrogens is 1. The van der Waals surface area contributed by atoms with Crippen LogP contribution in [0.2, 0.25) is 0 Å². The number of hydrogen-bond donors (Lipinski definition) is 2. The Morgan fingerprint density at radius 3 is 2.83 bits per heavy atom. The molecule has 0 spiro atoms. The number of carbonyl (C=O) groups excluding carboxylic acids is 1. The van der Waals surface area contributed by atoms with Gasteiger partial charge in [0, 0.05) is 31.4 Å². The van der Waals surface area contributed by atoms with Gasteiger partial charge in [0.15, 0.2) is 0 Å². The van der Waals surface area contributed by atoms with E-state index in [1.807, 2.05) is 12.1 Å². The summed E-state index contributed by atoms with van der Waals surface area (Å²) in [6.45, 7) is 0.568. The molecule has 0 unspecified atom stereocenters. The van der Waals surface area contributed by atoms with Crippen molar-refractivity contribution in [2.45, 2.75) is 44.7 Å². The van der Waals surface area contributed by atoms with E-state index in [1.165, 1.54) is 0 Å². The lowest BCUT2D eigenvalue weighted by Crippen LogP contribution is -2.30. The lowest BCUT2D eigenvalue weighted by Gasteiger charge is -2.25. The fourth-order valence-electron chi connectivity index (χ4n) is 2.43. The molecule has 1 aromatic heterocycles. The number of carbonyl (C=O) groups is 1. The van der Waals surface area contributed by atoms with E-state index in [9.17, 15) is 4.79 Å². The van der Waals surface area contributed by atoms with E-state index in [2.05, 4.69) is 10.3 Å². The second kappa shape index (κ2) is 6.50. The fraction of sp³-hybridized carbons (Fsp3) is 0.571. The van der Waals surface area contributed by atoms with E-state index in [-0.39, 0.29) is 5.91 Å². The first-order valence-electron chi connectivity index (χ1n) is 6.65. The van der Waals surface area contributed by atoms with Crippen LogP contribution in [0.5, 0.6) is 0 Å². The minimum absolute atomic E-state index is 0.138. The molecule has 1 aromatic rings. The average Bonchev–Trinajstić information content (AvgIpc) is 2.40. The van der Waals surface area contributed by atoms with Gasteiger partial charge in [0.05, 0.1) is 0 Å². The molecule has 2 rings (SSSR count). The highest BCUT2D eigenvalue weighted by Gasteiger charge is 2.20. The van der Waals surface area contributed by atoms with Crippen molar-refractivity contribution in [2.75, 3.05) is 0 Å². The normalized spacial score (nSPS) is 23.6. The smallest absolute Gasteiger partial charge is 0.220 e. The number of nitrogens with two attached hydrogens (primary N) is 1. The van der Waals surface area contributed by atoms with Crippen LogP contribution in [0.3, 0.4) is 0 Å². The van der Waals surface area contributed by atoms with Gasteiger partial charge in [-0.1, -0.05) is 6.07 Å². The summed E-state index contributed by atoms with van der Waals surface area (Å²) in [6, 6.07) is 4.19. The molecule has 0 bridgehead atoms. The summed E-state index contributed by atoms with van der Waals surface area (Å²) in [6.07, 6.45) is 8.42. The van der Waals surface area contributed by atoms with Crippen LogP contribution in [0, 0.1) is 5.92 Å². The number of hydrogen-bond acceptors (Lipinski definition) is 3. The van der Waals surface area contributed by atoms with Gasteiger partial charge in [-0.2, -0.15) is 0 Å². The largest absolute Gasteiger partial charge is 0.352 e. The molecule has 1 saturated carbocycles. The SMILES string of the molecule is NC1CCC(CC(=O)NCc2cccnc2)CC1. The number of nitrogens with one attached hydrogen (secondary N) is 1. The molecule has 1 fully saturated rings. The monoisotopic (exact) mass is 247 g/mol. The van der Waals surface area contributed by atoms with Crippen LogP contribution in [0.25, 0.3) is 0 Å². The standard InChI is InChI=1S/C14H21N3O/c15-13-5-3-11(4-6-13)8-14(18)17-10-12-2-1-7-16-9-12/h1-2,7,9,11,13H,3-6,8,10,15H2,(H,17,18). The van der Waals surface area contributed by atoms with Gasteiger partial charge in [0.2, 0.25) is 5.91 Å². The first-order valence-corrected chi connectivity index (χ1v) is 6.65. The Balaban J connectivity index is 1.69. The van der Waals surface area contributed by atoms with Gasteiger partial charge in [-0.25, -0.2) is 0 Å². The summed E-state index contributed by atoms with van der Waals surface area (Å²) in [5, 5.41) is 2.95. The molecule has 0 saturated heterocycles. The predicted octanol–water partition coefficient (Wildman–Crippen LogP) is 1.61. The molecule has 4 heteroatoms. The van der Waals surface area contributed by atoms with Crippen LogP contribution >= 0.6 is 0 Å². The van der Waals surface area contributed by atoms with Crippen molar-refractivity contribution >= 4 is 5.91 Å². The van der Waals surface area contributed by atoms with Crippen molar-refractivity contribution in [1.29, 1.82) is 0 Å². The maximum atomic E-state index is 11.8. The van der Waals surface area contributed by atoms with Crippen LogP contribution in [-0.4, -0.2) is 16.9 Å². The van der Waals surface area contributed by atoms with E-state index in [1.54, 1.807) is 12.4 Å². The van der Waals surface area contributed by atoms with Crippen molar-refractivity contribution in [3.8, 4) is 0 Å². The fourth-order valence-corrected chi connectivity index (χ4v) is 2.43. The van der Waals surface area contributed by atoms with Gasteiger partial charge in [0.1, 0.15) is 0 Å². The highest BCUT2D eigenvalue weighted by atomic mass is 16.1. The molecular weight excluding hydrogens is 226 g/mol. The van der Waals surface area contributed by atoms with E-state index >= 15 is 0 Å². The van der Waals surface area contributed by atoms with E-state index in [0.29, 0.717) is 24.9 Å². The lowest BCUT2D eigenvalue weighted by atomic mass is 9.84. The molecule has 0 atom stereocenters. The number of rotatable bonds is 4. The highest BCUT2D eigenvalue weighted by Crippen LogP contribution is 2.25. The topological polar surface area (TPSA) is 68.0 Å². The Kier molecular flexibility index (Phi) is 4.70. The van der Waals surface area contributed by atoms with Crippen molar-refractivity contribution in [1.82, 2.24) is 10.3 Å². The van der Waals surface area contributed by atoms with Gasteiger partial charge in [-0.3, -0.25) is 9.78 Å². The highest BCUT2D eigenvalue weighted by molar-refractivity contribution is 5.76. The zero-order valence-corrected chi connectivity index (χ0v) is 10.6. The Morgan fingerprint density at radius 2 is 2.17 bits per heavy atom. The summed E-state index contributed by atoms with van der Waals surface area (Å²) in [5.41, 5.74) is 6.89. The minimum Gasteiger partial charge on any atom is -0.352 e. The van der Waals surface area contributed by atoms with Gasteiger partial charge in [-0.15, -0.1) is 0 Å². The molecule has 1 amide bonds. The summed E-state index contributed by atoms with van der Waals surface area (Å²) in [4.78, 5) is 15.8. The molecule has 1 aliphatic rings. The Labute approximate surface area is 108 Å². The summed E-state index contributed by atoms with van der Waals surface area (Å²) in [7, 11) is 0. The summed E-state index contributed by atoms with van der Waals surface area (Å²) >= 11 is 0. The van der Waals surface area contributed by atoms with E-state index in [0.717, 1.165) is 31.2 Å². The maximum Gasteiger partial charge on any atom is 0.220 e. The quantitative estimate of drug-likeness (QED) is 0.849. The lowest BCUT2D eigenvalue weighted by molar-refractivity contribution is -0.122. The van der Waals surface area contributed by atoms with Crippen molar-refractivity contribution < 1.29 is 4.79 Å². The van der Waals surface area contributed by atoms with Gasteiger partial charge in [0.25, 0.3) is 0 Å². The van der Waals surface area contributed by atoms with Gasteiger partial charge >= 0.3 is 0 Å². The molecule has 1 aliphatic carbocycles. The zero-order chi connectivity index (χ0) is 12.8. The van der Waals surface area contributed by atoms with Crippen LogP contribution in [0.15, 0.2) is 24.5 Å². The van der Waals surface area contributed by atoms with Crippen LogP contribution < -0.4 is 11.1 Å². The second-order valence-electron chi connectivity index (χ2n) is 5.12. The number of amides is 1. The minimum atomic E-state index is 0.138. The Bertz CT molecular complexity index is 372. The number of nitrogens with zero attached hydrogens (tertiary/aromatic N) is 1. The molecule has 18 heavy (non-hydrogen) atoms. The van der Waals surface area contributed by atoms with Gasteiger partial charge < -0.3 is 11.1 Å². The molecule has 98 valence electrons. The molecule has 0 radical (unpaired) electrons. The third kappa shape index (κ3) is 4.11. The van der Waals surface area contributed by atoms with Crippen molar-refractivity contribution in [3.63, 3.8) is 0 Å². The molecule has 3 N–H and O–H groups in total.